The molecule has 2 rings (SSSR count). The van der Waals surface area contributed by atoms with Crippen molar-refractivity contribution in [3.8, 4) is 0 Å². The van der Waals surface area contributed by atoms with Crippen LogP contribution in [0.2, 0.25) is 0 Å². The van der Waals surface area contributed by atoms with E-state index in [0.29, 0.717) is 18.4 Å². The first kappa shape index (κ1) is 16.9. The van der Waals surface area contributed by atoms with Crippen LogP contribution in [0.1, 0.15) is 18.4 Å². The Kier molecular flexibility index (Phi) is 5.92. The molecule has 0 heterocycles. The van der Waals surface area contributed by atoms with Gasteiger partial charge in [-0.15, -0.1) is 12.4 Å². The molecule has 1 fully saturated rings. The third-order valence-corrected chi connectivity index (χ3v) is 3.67. The number of carbonyl (C=O) groups is 1. The Bertz CT molecular complexity index is 462. The maximum atomic E-state index is 13.5. The molecule has 6 heteroatoms. The molecule has 0 saturated heterocycles. The third-order valence-electron chi connectivity index (χ3n) is 3.67. The van der Waals surface area contributed by atoms with Crippen molar-refractivity contribution < 1.29 is 14.3 Å². The molecule has 0 spiro atoms. The van der Waals surface area contributed by atoms with Crippen LogP contribution >= 0.6 is 12.4 Å². The second kappa shape index (κ2) is 7.02. The van der Waals surface area contributed by atoms with Gasteiger partial charge in [-0.05, 0) is 18.9 Å². The highest BCUT2D eigenvalue weighted by atomic mass is 35.5. The van der Waals surface area contributed by atoms with E-state index in [-0.39, 0.29) is 42.6 Å². The van der Waals surface area contributed by atoms with E-state index < -0.39 is 6.10 Å². The molecule has 3 atom stereocenters. The van der Waals surface area contributed by atoms with Crippen molar-refractivity contribution in [2.75, 3.05) is 7.05 Å². The first-order valence-electron chi connectivity index (χ1n) is 6.41. The number of rotatable bonds is 3. The van der Waals surface area contributed by atoms with E-state index in [1.54, 1.807) is 25.2 Å². The summed E-state index contributed by atoms with van der Waals surface area (Å²) in [7, 11) is 1.64. The smallest absolute Gasteiger partial charge is 0.225 e. The Morgan fingerprint density at radius 3 is 2.65 bits per heavy atom. The SMILES string of the molecule is CN(Cc1ccccc1F)C(=O)[C@H]1C[C@H](N)[C@@H](O)C1.Cl. The van der Waals surface area contributed by atoms with Gasteiger partial charge in [0, 0.05) is 31.1 Å². The predicted octanol–water partition coefficient (Wildman–Crippen LogP) is 1.30. The Balaban J connectivity index is 0.00000200. The van der Waals surface area contributed by atoms with E-state index in [4.69, 9.17) is 5.73 Å². The molecule has 1 amide bonds. The van der Waals surface area contributed by atoms with Gasteiger partial charge in [-0.3, -0.25) is 4.79 Å². The van der Waals surface area contributed by atoms with E-state index in [9.17, 15) is 14.3 Å². The average Bonchev–Trinajstić information content (AvgIpc) is 2.71. The first-order valence-corrected chi connectivity index (χ1v) is 6.41. The zero-order valence-corrected chi connectivity index (χ0v) is 12.1. The second-order valence-corrected chi connectivity index (χ2v) is 5.19. The van der Waals surface area contributed by atoms with Gasteiger partial charge in [0.1, 0.15) is 5.82 Å². The lowest BCUT2D eigenvalue weighted by molar-refractivity contribution is -0.134. The minimum Gasteiger partial charge on any atom is -0.391 e. The van der Waals surface area contributed by atoms with E-state index >= 15 is 0 Å². The van der Waals surface area contributed by atoms with Crippen LogP contribution in [0.15, 0.2) is 24.3 Å². The first-order chi connectivity index (χ1) is 8.99. The normalized spacial score (nSPS) is 25.1. The minimum absolute atomic E-state index is 0. The molecule has 0 radical (unpaired) electrons. The number of nitrogens with two attached hydrogens (primary N) is 1. The zero-order valence-electron chi connectivity index (χ0n) is 11.3. The predicted molar refractivity (Wildman–Crippen MR) is 76.8 cm³/mol. The molecule has 1 aliphatic carbocycles. The monoisotopic (exact) mass is 302 g/mol. The summed E-state index contributed by atoms with van der Waals surface area (Å²) >= 11 is 0. The van der Waals surface area contributed by atoms with Gasteiger partial charge >= 0.3 is 0 Å². The molecule has 1 aromatic rings. The van der Waals surface area contributed by atoms with Gasteiger partial charge in [-0.25, -0.2) is 4.39 Å². The number of benzene rings is 1. The lowest BCUT2D eigenvalue weighted by Crippen LogP contribution is -2.32. The maximum Gasteiger partial charge on any atom is 0.225 e. The number of aliphatic hydroxyl groups excluding tert-OH is 1. The molecule has 0 aromatic heterocycles. The molecular weight excluding hydrogens is 283 g/mol. The fraction of sp³-hybridized carbons (Fsp3) is 0.500. The molecule has 1 saturated carbocycles. The lowest BCUT2D eigenvalue weighted by Gasteiger charge is -2.21. The van der Waals surface area contributed by atoms with Gasteiger partial charge in [-0.1, -0.05) is 18.2 Å². The van der Waals surface area contributed by atoms with Crippen molar-refractivity contribution in [3.63, 3.8) is 0 Å². The quantitative estimate of drug-likeness (QED) is 0.884. The Morgan fingerprint density at radius 1 is 1.45 bits per heavy atom. The van der Waals surface area contributed by atoms with E-state index in [1.165, 1.54) is 11.0 Å². The third kappa shape index (κ3) is 3.69. The van der Waals surface area contributed by atoms with Crippen molar-refractivity contribution >= 4 is 18.3 Å². The molecule has 112 valence electrons. The van der Waals surface area contributed by atoms with Crippen molar-refractivity contribution in [3.05, 3.63) is 35.6 Å². The van der Waals surface area contributed by atoms with E-state index in [0.717, 1.165) is 0 Å². The van der Waals surface area contributed by atoms with Gasteiger partial charge in [0.05, 0.1) is 6.10 Å². The number of hydrogen-bond acceptors (Lipinski definition) is 3. The minimum atomic E-state index is -0.615. The van der Waals surface area contributed by atoms with Crippen molar-refractivity contribution in [2.24, 2.45) is 11.7 Å². The molecule has 20 heavy (non-hydrogen) atoms. The largest absolute Gasteiger partial charge is 0.391 e. The summed E-state index contributed by atoms with van der Waals surface area (Å²) in [6.07, 6.45) is 0.263. The summed E-state index contributed by atoms with van der Waals surface area (Å²) in [6.45, 7) is 0.230. The summed E-state index contributed by atoms with van der Waals surface area (Å²) in [5.74, 6) is -0.665. The standard InChI is InChI=1S/C14H19FN2O2.ClH/c1-17(8-9-4-2-3-5-11(9)15)14(19)10-6-12(16)13(18)7-10;/h2-5,10,12-13,18H,6-8,16H2,1H3;1H/t10-,12-,13-;/m0./s1. The van der Waals surface area contributed by atoms with Crippen LogP contribution in [-0.2, 0) is 11.3 Å². The fourth-order valence-corrected chi connectivity index (χ4v) is 2.52. The average molecular weight is 303 g/mol. The summed E-state index contributed by atoms with van der Waals surface area (Å²) in [6, 6.07) is 6.06. The van der Waals surface area contributed by atoms with Crippen LogP contribution in [0, 0.1) is 11.7 Å². The second-order valence-electron chi connectivity index (χ2n) is 5.19. The highest BCUT2D eigenvalue weighted by Gasteiger charge is 2.36. The Labute approximate surface area is 124 Å². The van der Waals surface area contributed by atoms with Crippen LogP contribution in [0.25, 0.3) is 0 Å². The topological polar surface area (TPSA) is 66.6 Å². The van der Waals surface area contributed by atoms with Gasteiger partial charge in [0.25, 0.3) is 0 Å². The van der Waals surface area contributed by atoms with Crippen LogP contribution < -0.4 is 5.73 Å². The highest BCUT2D eigenvalue weighted by Crippen LogP contribution is 2.26. The van der Waals surface area contributed by atoms with E-state index in [2.05, 4.69) is 0 Å². The number of hydrogen-bond donors (Lipinski definition) is 2. The fourth-order valence-electron chi connectivity index (χ4n) is 2.52. The van der Waals surface area contributed by atoms with Crippen LogP contribution in [0.4, 0.5) is 4.39 Å². The molecule has 4 nitrogen and oxygen atoms in total. The van der Waals surface area contributed by atoms with Gasteiger partial charge in [0.15, 0.2) is 0 Å². The zero-order chi connectivity index (χ0) is 14.0. The number of halogens is 2. The maximum absolute atomic E-state index is 13.5. The van der Waals surface area contributed by atoms with Crippen LogP contribution in [0.3, 0.4) is 0 Å². The summed E-state index contributed by atoms with van der Waals surface area (Å²) in [5, 5.41) is 9.58. The molecule has 3 N–H and O–H groups in total. The summed E-state index contributed by atoms with van der Waals surface area (Å²) in [4.78, 5) is 13.7. The van der Waals surface area contributed by atoms with Crippen LogP contribution in [0.5, 0.6) is 0 Å². The number of carbonyl (C=O) groups excluding carboxylic acids is 1. The molecular formula is C14H20ClFN2O2. The Hall–Kier alpha value is -1.17. The van der Waals surface area contributed by atoms with Crippen molar-refractivity contribution in [1.29, 1.82) is 0 Å². The molecule has 1 aliphatic rings. The van der Waals surface area contributed by atoms with Gasteiger partial charge < -0.3 is 15.7 Å². The number of aliphatic hydroxyl groups is 1. The Morgan fingerprint density at radius 2 is 2.10 bits per heavy atom. The summed E-state index contributed by atoms with van der Waals surface area (Å²) < 4.78 is 13.5. The molecule has 0 aliphatic heterocycles. The van der Waals surface area contributed by atoms with Crippen LogP contribution in [-0.4, -0.2) is 35.1 Å². The molecule has 0 bridgehead atoms. The number of nitrogens with zero attached hydrogens (tertiary/aromatic N) is 1. The van der Waals surface area contributed by atoms with Crippen molar-refractivity contribution in [2.45, 2.75) is 31.5 Å². The van der Waals surface area contributed by atoms with E-state index in [1.807, 2.05) is 0 Å². The lowest BCUT2D eigenvalue weighted by atomic mass is 10.1. The molecule has 1 aromatic carbocycles. The summed E-state index contributed by atoms with van der Waals surface area (Å²) in [5.41, 5.74) is 6.19. The number of amides is 1. The molecule has 0 unspecified atom stereocenters. The van der Waals surface area contributed by atoms with Crippen molar-refractivity contribution in [1.82, 2.24) is 4.90 Å². The van der Waals surface area contributed by atoms with Gasteiger partial charge in [-0.2, -0.15) is 0 Å². The highest BCUT2D eigenvalue weighted by molar-refractivity contribution is 5.85. The van der Waals surface area contributed by atoms with Gasteiger partial charge in [0.2, 0.25) is 5.91 Å².